The molecule has 1 unspecified atom stereocenters. The van der Waals surface area contributed by atoms with E-state index in [1.165, 1.54) is 0 Å². The summed E-state index contributed by atoms with van der Waals surface area (Å²) in [6, 6.07) is 7.63. The predicted octanol–water partition coefficient (Wildman–Crippen LogP) is 4.93. The number of nitrogens with zero attached hydrogens (tertiary/aromatic N) is 2. The first-order chi connectivity index (χ1) is 12.4. The first-order valence-corrected chi connectivity index (χ1v) is 9.86. The molecule has 2 aromatic rings. The Morgan fingerprint density at radius 1 is 1.19 bits per heavy atom. The number of amides is 1. The number of hydrogen-bond donors (Lipinski definition) is 2. The summed E-state index contributed by atoms with van der Waals surface area (Å²) in [5, 5.41) is 12.0. The van der Waals surface area contributed by atoms with Gasteiger partial charge in [-0.25, -0.2) is 0 Å². The third-order valence-electron chi connectivity index (χ3n) is 3.51. The zero-order valence-corrected chi connectivity index (χ0v) is 17.0. The third-order valence-corrected chi connectivity index (χ3v) is 5.58. The lowest BCUT2D eigenvalue weighted by molar-refractivity contribution is -0.116. The van der Waals surface area contributed by atoms with E-state index in [2.05, 4.69) is 41.6 Å². The molecule has 10 heteroatoms. The summed E-state index contributed by atoms with van der Waals surface area (Å²) >= 11 is 2.12. The van der Waals surface area contributed by atoms with Crippen LogP contribution in [0.3, 0.4) is 0 Å². The van der Waals surface area contributed by atoms with Crippen LogP contribution in [-0.2, 0) is 10.2 Å². The van der Waals surface area contributed by atoms with Crippen LogP contribution in [0.4, 0.5) is 24.0 Å². The molecule has 0 saturated carbocycles. The quantitative estimate of drug-likeness (QED) is 0.651. The zero-order valence-electron chi connectivity index (χ0n) is 15.3. The topological polar surface area (TPSA) is 66.9 Å². The van der Waals surface area contributed by atoms with E-state index in [9.17, 15) is 18.0 Å². The number of benzene rings is 1. The van der Waals surface area contributed by atoms with Gasteiger partial charge in [0.2, 0.25) is 11.0 Å². The van der Waals surface area contributed by atoms with Gasteiger partial charge in [0.25, 0.3) is 0 Å². The van der Waals surface area contributed by atoms with Crippen molar-refractivity contribution < 1.29 is 18.0 Å². The summed E-state index contributed by atoms with van der Waals surface area (Å²) in [5.74, 6) is -0.219. The van der Waals surface area contributed by atoms with Gasteiger partial charge >= 0.3 is 6.18 Å². The van der Waals surface area contributed by atoms with Crippen molar-refractivity contribution in [3.8, 4) is 0 Å². The molecule has 0 aliphatic rings. The molecular formula is C17H21F3N4OS2. The van der Waals surface area contributed by atoms with E-state index in [-0.39, 0.29) is 16.5 Å². The highest BCUT2D eigenvalue weighted by Gasteiger charge is 2.27. The van der Waals surface area contributed by atoms with Gasteiger partial charge in [-0.2, -0.15) is 13.2 Å². The van der Waals surface area contributed by atoms with E-state index >= 15 is 0 Å². The van der Waals surface area contributed by atoms with Crippen molar-refractivity contribution in [3.05, 3.63) is 29.8 Å². The molecule has 27 heavy (non-hydrogen) atoms. The standard InChI is InChI=1S/C17H21F3N4OS2/c1-10(26-15-24-23-14(27-15)21-9-17(18,19)20)13(25)22-12-7-5-11(6-8-12)16(2,3)4/h5-8,10H,9H2,1-4H3,(H,21,23)(H,22,25). The van der Waals surface area contributed by atoms with Gasteiger partial charge in [-0.3, -0.25) is 4.79 Å². The van der Waals surface area contributed by atoms with Gasteiger partial charge in [0.05, 0.1) is 5.25 Å². The average Bonchev–Trinajstić information content (AvgIpc) is 2.99. The number of anilines is 2. The van der Waals surface area contributed by atoms with Crippen LogP contribution in [0.25, 0.3) is 0 Å². The van der Waals surface area contributed by atoms with E-state index < -0.39 is 18.0 Å². The van der Waals surface area contributed by atoms with Crippen LogP contribution in [0.5, 0.6) is 0 Å². The molecule has 2 rings (SSSR count). The van der Waals surface area contributed by atoms with E-state index in [4.69, 9.17) is 0 Å². The Hall–Kier alpha value is -1.81. The van der Waals surface area contributed by atoms with Crippen LogP contribution >= 0.6 is 23.1 Å². The second-order valence-corrected chi connectivity index (χ2v) is 9.48. The number of halogens is 3. The minimum atomic E-state index is -4.32. The van der Waals surface area contributed by atoms with Gasteiger partial charge in [-0.1, -0.05) is 56.0 Å². The fraction of sp³-hybridized carbons (Fsp3) is 0.471. The third kappa shape index (κ3) is 7.02. The first-order valence-electron chi connectivity index (χ1n) is 8.16. The summed E-state index contributed by atoms with van der Waals surface area (Å²) in [5.41, 5.74) is 1.88. The molecule has 1 heterocycles. The number of carbonyl (C=O) groups excluding carboxylic acids is 1. The molecule has 0 radical (unpaired) electrons. The Morgan fingerprint density at radius 2 is 1.81 bits per heavy atom. The summed E-state index contributed by atoms with van der Waals surface area (Å²) < 4.78 is 37.0. The number of aromatic nitrogens is 2. The smallest absolute Gasteiger partial charge is 0.351 e. The van der Waals surface area contributed by atoms with Gasteiger partial charge < -0.3 is 10.6 Å². The minimum Gasteiger partial charge on any atom is -0.351 e. The molecule has 1 atom stereocenters. The van der Waals surface area contributed by atoms with Gasteiger partial charge in [0.15, 0.2) is 4.34 Å². The lowest BCUT2D eigenvalue weighted by Crippen LogP contribution is -2.22. The van der Waals surface area contributed by atoms with Crippen LogP contribution in [0.2, 0.25) is 0 Å². The van der Waals surface area contributed by atoms with Gasteiger partial charge in [0, 0.05) is 5.69 Å². The van der Waals surface area contributed by atoms with E-state index in [1.54, 1.807) is 6.92 Å². The zero-order chi connectivity index (χ0) is 20.2. The normalized spacial score (nSPS) is 13.3. The molecule has 2 N–H and O–H groups in total. The van der Waals surface area contributed by atoms with Gasteiger partial charge in [-0.05, 0) is 30.0 Å². The number of carbonyl (C=O) groups is 1. The molecular weight excluding hydrogens is 397 g/mol. The molecule has 1 aromatic heterocycles. The molecule has 0 spiro atoms. The first kappa shape index (κ1) is 21.5. The van der Waals surface area contributed by atoms with Gasteiger partial charge in [0.1, 0.15) is 6.54 Å². The molecule has 0 fully saturated rings. The highest BCUT2D eigenvalue weighted by Crippen LogP contribution is 2.30. The lowest BCUT2D eigenvalue weighted by Gasteiger charge is -2.19. The molecule has 0 saturated heterocycles. The molecule has 0 bridgehead atoms. The van der Waals surface area contributed by atoms with Crippen molar-refractivity contribution in [1.29, 1.82) is 0 Å². The second kappa shape index (κ2) is 8.47. The van der Waals surface area contributed by atoms with Crippen molar-refractivity contribution in [2.24, 2.45) is 0 Å². The molecule has 1 amide bonds. The Kier molecular flexibility index (Phi) is 6.74. The summed E-state index contributed by atoms with van der Waals surface area (Å²) in [4.78, 5) is 12.3. The summed E-state index contributed by atoms with van der Waals surface area (Å²) in [7, 11) is 0. The van der Waals surface area contributed by atoms with E-state index in [0.29, 0.717) is 10.0 Å². The maximum absolute atomic E-state index is 12.3. The highest BCUT2D eigenvalue weighted by molar-refractivity contribution is 8.02. The predicted molar refractivity (Wildman–Crippen MR) is 104 cm³/mol. The van der Waals surface area contributed by atoms with Crippen LogP contribution in [0, 0.1) is 0 Å². The lowest BCUT2D eigenvalue weighted by atomic mass is 9.87. The largest absolute Gasteiger partial charge is 0.405 e. The number of alkyl halides is 3. The molecule has 0 aliphatic heterocycles. The number of nitrogens with one attached hydrogen (secondary N) is 2. The fourth-order valence-corrected chi connectivity index (χ4v) is 3.90. The summed E-state index contributed by atoms with van der Waals surface area (Å²) in [6.07, 6.45) is -4.32. The highest BCUT2D eigenvalue weighted by atomic mass is 32.2. The van der Waals surface area contributed by atoms with Crippen LogP contribution in [0.15, 0.2) is 28.6 Å². The maximum Gasteiger partial charge on any atom is 0.405 e. The SMILES string of the molecule is CC(Sc1nnc(NCC(F)(F)F)s1)C(=O)Nc1ccc(C(C)(C)C)cc1. The molecule has 0 aliphatic carbocycles. The number of hydrogen-bond acceptors (Lipinski definition) is 6. The van der Waals surface area contributed by atoms with Crippen molar-refractivity contribution in [2.45, 2.75) is 48.9 Å². The molecule has 5 nitrogen and oxygen atoms in total. The van der Waals surface area contributed by atoms with Crippen LogP contribution in [0.1, 0.15) is 33.3 Å². The Labute approximate surface area is 164 Å². The minimum absolute atomic E-state index is 0.0291. The van der Waals surface area contributed by atoms with Gasteiger partial charge in [-0.15, -0.1) is 10.2 Å². The molecule has 148 valence electrons. The van der Waals surface area contributed by atoms with Crippen molar-refractivity contribution in [2.75, 3.05) is 17.2 Å². The Bertz CT molecular complexity index is 770. The fourth-order valence-electron chi connectivity index (χ4n) is 2.01. The van der Waals surface area contributed by atoms with Crippen LogP contribution in [-0.4, -0.2) is 34.1 Å². The van der Waals surface area contributed by atoms with E-state index in [1.807, 2.05) is 24.3 Å². The van der Waals surface area contributed by atoms with Crippen molar-refractivity contribution >= 4 is 39.8 Å². The second-order valence-electron chi connectivity index (χ2n) is 6.92. The Balaban J connectivity index is 1.89. The summed E-state index contributed by atoms with van der Waals surface area (Å²) in [6.45, 7) is 6.86. The average molecular weight is 419 g/mol. The van der Waals surface area contributed by atoms with Crippen molar-refractivity contribution in [1.82, 2.24) is 10.2 Å². The number of rotatable bonds is 6. The maximum atomic E-state index is 12.3. The van der Waals surface area contributed by atoms with E-state index in [0.717, 1.165) is 28.7 Å². The molecule has 1 aromatic carbocycles. The number of thioether (sulfide) groups is 1. The van der Waals surface area contributed by atoms with Crippen LogP contribution < -0.4 is 10.6 Å². The van der Waals surface area contributed by atoms with Crippen molar-refractivity contribution in [3.63, 3.8) is 0 Å². The monoisotopic (exact) mass is 418 g/mol. The Morgan fingerprint density at radius 3 is 2.37 bits per heavy atom.